The third kappa shape index (κ3) is 3.79. The van der Waals surface area contributed by atoms with Crippen LogP contribution in [0, 0.1) is 0 Å². The Morgan fingerprint density at radius 3 is 2.75 bits per heavy atom. The van der Waals surface area contributed by atoms with Gasteiger partial charge in [0.1, 0.15) is 0 Å². The van der Waals surface area contributed by atoms with Gasteiger partial charge in [0.25, 0.3) is 11.8 Å². The van der Waals surface area contributed by atoms with Crippen molar-refractivity contribution >= 4 is 16.8 Å². The van der Waals surface area contributed by atoms with Gasteiger partial charge in [-0.05, 0) is 23.8 Å². The van der Waals surface area contributed by atoms with Crippen molar-refractivity contribution in [2.75, 3.05) is 13.1 Å². The Labute approximate surface area is 182 Å². The number of carbonyl (C=O) groups is 1. The van der Waals surface area contributed by atoms with Crippen LogP contribution < -0.4 is 4.74 Å². The molecular formula is C24H20F2N4O2. The number of nitrogens with one attached hydrogen (secondary N) is 1. The zero-order chi connectivity index (χ0) is 22.1. The van der Waals surface area contributed by atoms with Gasteiger partial charge in [-0.15, -0.1) is 0 Å². The number of aromatic nitrogens is 3. The van der Waals surface area contributed by atoms with Crippen LogP contribution in [-0.2, 0) is 0 Å². The highest BCUT2D eigenvalue weighted by atomic mass is 19.3. The van der Waals surface area contributed by atoms with Crippen LogP contribution in [0.15, 0.2) is 73.1 Å². The van der Waals surface area contributed by atoms with Crippen LogP contribution >= 0.6 is 0 Å². The predicted octanol–water partition coefficient (Wildman–Crippen LogP) is 4.55. The summed E-state index contributed by atoms with van der Waals surface area (Å²) in [5.41, 5.74) is 2.54. The van der Waals surface area contributed by atoms with Crippen LogP contribution in [0.2, 0.25) is 0 Å². The largest absolute Gasteiger partial charge is 0.466 e. The zero-order valence-electron chi connectivity index (χ0n) is 17.0. The molecule has 0 aliphatic carbocycles. The van der Waals surface area contributed by atoms with E-state index in [1.54, 1.807) is 42.7 Å². The normalized spacial score (nSPS) is 17.9. The first-order chi connectivity index (χ1) is 15.5. The summed E-state index contributed by atoms with van der Waals surface area (Å²) in [7, 11) is 0. The summed E-state index contributed by atoms with van der Waals surface area (Å²) >= 11 is 0. The van der Waals surface area contributed by atoms with E-state index in [1.165, 1.54) is 4.90 Å². The summed E-state index contributed by atoms with van der Waals surface area (Å²) in [5, 5.41) is 7.56. The molecule has 32 heavy (non-hydrogen) atoms. The number of benzene rings is 2. The number of rotatable bonds is 4. The molecule has 162 valence electrons. The maximum atomic E-state index is 14.7. The van der Waals surface area contributed by atoms with E-state index in [0.29, 0.717) is 16.6 Å². The van der Waals surface area contributed by atoms with Gasteiger partial charge in [0.2, 0.25) is 5.88 Å². The van der Waals surface area contributed by atoms with E-state index in [4.69, 9.17) is 4.74 Å². The topological polar surface area (TPSA) is 71.1 Å². The number of piperidine rings is 1. The molecule has 6 nitrogen and oxygen atoms in total. The first-order valence-electron chi connectivity index (χ1n) is 10.3. The lowest BCUT2D eigenvalue weighted by Gasteiger charge is -2.38. The number of halogens is 2. The SMILES string of the molecule is O=C(c1ccccc1-c1cn[nH]c1)N1CCC(F)(F)C(Oc2ccc3ccccc3n2)C1. The molecule has 3 heterocycles. The average molecular weight is 434 g/mol. The maximum Gasteiger partial charge on any atom is 0.287 e. The van der Waals surface area contributed by atoms with E-state index < -0.39 is 18.4 Å². The lowest BCUT2D eigenvalue weighted by atomic mass is 9.98. The molecule has 5 rings (SSSR count). The summed E-state index contributed by atoms with van der Waals surface area (Å²) in [5.74, 6) is -3.28. The van der Waals surface area contributed by atoms with E-state index in [1.807, 2.05) is 30.3 Å². The van der Waals surface area contributed by atoms with Crippen molar-refractivity contribution in [3.63, 3.8) is 0 Å². The summed E-state index contributed by atoms with van der Waals surface area (Å²) in [4.78, 5) is 19.0. The highest BCUT2D eigenvalue weighted by Gasteiger charge is 2.47. The first-order valence-corrected chi connectivity index (χ1v) is 10.3. The standard InChI is InChI=1S/C24H20F2N4O2/c25-24(26)11-12-30(23(31)19-7-3-2-6-18(19)17-13-27-28-14-17)15-21(24)32-22-10-9-16-5-1-4-8-20(16)29-22/h1-10,13-14,21H,11-12,15H2,(H,27,28). The number of nitrogens with zero attached hydrogens (tertiary/aromatic N) is 3. The number of ether oxygens (including phenoxy) is 1. The molecule has 0 spiro atoms. The monoisotopic (exact) mass is 434 g/mol. The number of likely N-dealkylation sites (tertiary alicyclic amines) is 1. The minimum atomic E-state index is -3.08. The van der Waals surface area contributed by atoms with E-state index >= 15 is 0 Å². The van der Waals surface area contributed by atoms with Gasteiger partial charge in [0.05, 0.1) is 18.3 Å². The van der Waals surface area contributed by atoms with Gasteiger partial charge in [-0.1, -0.05) is 36.4 Å². The Morgan fingerprint density at radius 2 is 1.91 bits per heavy atom. The molecule has 1 saturated heterocycles. The van der Waals surface area contributed by atoms with Crippen molar-refractivity contribution in [3.8, 4) is 17.0 Å². The lowest BCUT2D eigenvalue weighted by Crippen LogP contribution is -2.55. The number of H-pyrrole nitrogens is 1. The van der Waals surface area contributed by atoms with Crippen LogP contribution in [0.25, 0.3) is 22.0 Å². The molecule has 1 unspecified atom stereocenters. The van der Waals surface area contributed by atoms with Crippen LogP contribution in [-0.4, -0.2) is 51.1 Å². The number of para-hydroxylation sites is 1. The molecule has 0 saturated carbocycles. The third-order valence-corrected chi connectivity index (χ3v) is 5.66. The molecule has 0 bridgehead atoms. The Hall–Kier alpha value is -3.81. The van der Waals surface area contributed by atoms with Gasteiger partial charge < -0.3 is 9.64 Å². The molecule has 1 fully saturated rings. The van der Waals surface area contributed by atoms with E-state index in [9.17, 15) is 13.6 Å². The quantitative estimate of drug-likeness (QED) is 0.511. The molecule has 1 aliphatic heterocycles. The van der Waals surface area contributed by atoms with E-state index in [-0.39, 0.29) is 24.9 Å². The minimum absolute atomic E-state index is 0.0590. The van der Waals surface area contributed by atoms with Gasteiger partial charge in [-0.2, -0.15) is 5.10 Å². The fourth-order valence-electron chi connectivity index (χ4n) is 3.93. The van der Waals surface area contributed by atoms with Crippen LogP contribution in [0.3, 0.4) is 0 Å². The second-order valence-electron chi connectivity index (χ2n) is 7.74. The number of carbonyl (C=O) groups excluding carboxylic acids is 1. The number of aromatic amines is 1. The van der Waals surface area contributed by atoms with E-state index in [0.717, 1.165) is 10.9 Å². The number of alkyl halides is 2. The van der Waals surface area contributed by atoms with Gasteiger partial charge >= 0.3 is 0 Å². The van der Waals surface area contributed by atoms with Crippen LogP contribution in [0.4, 0.5) is 8.78 Å². The van der Waals surface area contributed by atoms with E-state index in [2.05, 4.69) is 15.2 Å². The second-order valence-corrected chi connectivity index (χ2v) is 7.74. The van der Waals surface area contributed by atoms with Gasteiger partial charge in [-0.3, -0.25) is 9.89 Å². The predicted molar refractivity (Wildman–Crippen MR) is 116 cm³/mol. The molecule has 1 atom stereocenters. The van der Waals surface area contributed by atoms with Crippen molar-refractivity contribution in [1.82, 2.24) is 20.1 Å². The molecule has 8 heteroatoms. The number of amides is 1. The number of hydrogen-bond acceptors (Lipinski definition) is 4. The Balaban J connectivity index is 1.39. The smallest absolute Gasteiger partial charge is 0.287 e. The van der Waals surface area contributed by atoms with Crippen molar-refractivity contribution in [3.05, 3.63) is 78.6 Å². The fraction of sp³-hybridized carbons (Fsp3) is 0.208. The highest BCUT2D eigenvalue weighted by Crippen LogP contribution is 2.33. The molecule has 2 aromatic carbocycles. The van der Waals surface area contributed by atoms with Gasteiger partial charge in [-0.25, -0.2) is 13.8 Å². The summed E-state index contributed by atoms with van der Waals surface area (Å²) in [6.07, 6.45) is 1.34. The Kier molecular flexibility index (Phi) is 5.05. The molecule has 1 N–H and O–H groups in total. The lowest BCUT2D eigenvalue weighted by molar-refractivity contribution is -0.131. The minimum Gasteiger partial charge on any atom is -0.466 e. The molecule has 1 aliphatic rings. The van der Waals surface area contributed by atoms with Crippen molar-refractivity contribution in [2.45, 2.75) is 18.4 Å². The Morgan fingerprint density at radius 1 is 1.09 bits per heavy atom. The zero-order valence-corrected chi connectivity index (χ0v) is 17.0. The number of hydrogen-bond donors (Lipinski definition) is 1. The molecule has 4 aromatic rings. The summed E-state index contributed by atoms with van der Waals surface area (Å²) in [6.45, 7) is -0.295. The van der Waals surface area contributed by atoms with Crippen LogP contribution in [0.1, 0.15) is 16.8 Å². The van der Waals surface area contributed by atoms with Crippen LogP contribution in [0.5, 0.6) is 5.88 Å². The second kappa shape index (κ2) is 8.03. The van der Waals surface area contributed by atoms with Gasteiger partial charge in [0.15, 0.2) is 6.10 Å². The molecule has 0 radical (unpaired) electrons. The van der Waals surface area contributed by atoms with Crippen molar-refractivity contribution < 1.29 is 18.3 Å². The Bertz CT molecular complexity index is 1260. The highest BCUT2D eigenvalue weighted by molar-refractivity contribution is 6.00. The average Bonchev–Trinajstić information content (AvgIpc) is 3.35. The van der Waals surface area contributed by atoms with Crippen molar-refractivity contribution in [2.24, 2.45) is 0 Å². The molecule has 1 amide bonds. The summed E-state index contributed by atoms with van der Waals surface area (Å²) in [6, 6.07) is 17.8. The van der Waals surface area contributed by atoms with Gasteiger partial charge in [0, 0.05) is 41.7 Å². The number of fused-ring (bicyclic) bond motifs is 1. The fourth-order valence-corrected chi connectivity index (χ4v) is 3.93. The molecular weight excluding hydrogens is 414 g/mol. The van der Waals surface area contributed by atoms with Crippen molar-refractivity contribution in [1.29, 1.82) is 0 Å². The number of pyridine rings is 1. The first kappa shape index (κ1) is 20.1. The maximum absolute atomic E-state index is 14.7. The molecule has 2 aromatic heterocycles. The third-order valence-electron chi connectivity index (χ3n) is 5.66. The summed E-state index contributed by atoms with van der Waals surface area (Å²) < 4.78 is 35.0.